The van der Waals surface area contributed by atoms with Gasteiger partial charge in [-0.15, -0.1) is 0 Å². The van der Waals surface area contributed by atoms with Crippen molar-refractivity contribution in [3.63, 3.8) is 0 Å². The van der Waals surface area contributed by atoms with Gasteiger partial charge in [0, 0.05) is 31.3 Å². The highest BCUT2D eigenvalue weighted by Gasteiger charge is 2.14. The average molecular weight is 316 g/mol. The molecular formula is C18H21FN2O2. The van der Waals surface area contributed by atoms with E-state index >= 15 is 0 Å². The summed E-state index contributed by atoms with van der Waals surface area (Å²) in [5.74, 6) is -0.685. The van der Waals surface area contributed by atoms with Crippen LogP contribution in [0.25, 0.3) is 0 Å². The third-order valence-electron chi connectivity index (χ3n) is 3.71. The summed E-state index contributed by atoms with van der Waals surface area (Å²) < 4.78 is 15.2. The largest absolute Gasteiger partial charge is 0.356 e. The smallest absolute Gasteiger partial charge is 0.250 e. The maximum absolute atomic E-state index is 13.6. The topological polar surface area (TPSA) is 51.1 Å². The molecule has 0 saturated carbocycles. The van der Waals surface area contributed by atoms with Crippen LogP contribution in [0.3, 0.4) is 0 Å². The number of nitrogens with one attached hydrogen (secondary N) is 1. The molecule has 0 aliphatic carbocycles. The van der Waals surface area contributed by atoms with E-state index in [0.717, 1.165) is 0 Å². The van der Waals surface area contributed by atoms with Crippen LogP contribution in [0.15, 0.2) is 53.5 Å². The van der Waals surface area contributed by atoms with Crippen LogP contribution in [0.5, 0.6) is 0 Å². The van der Waals surface area contributed by atoms with Gasteiger partial charge in [-0.1, -0.05) is 31.2 Å². The van der Waals surface area contributed by atoms with Crippen molar-refractivity contribution < 1.29 is 9.18 Å². The van der Waals surface area contributed by atoms with Gasteiger partial charge < -0.3 is 9.88 Å². The molecule has 1 aromatic heterocycles. The number of aromatic nitrogens is 1. The number of rotatable bonds is 7. The predicted molar refractivity (Wildman–Crippen MR) is 87.6 cm³/mol. The van der Waals surface area contributed by atoms with Crippen LogP contribution in [0.1, 0.15) is 18.9 Å². The fourth-order valence-corrected chi connectivity index (χ4v) is 2.37. The fraction of sp³-hybridized carbons (Fsp3) is 0.333. The molecule has 0 spiro atoms. The van der Waals surface area contributed by atoms with Crippen LogP contribution in [0.2, 0.25) is 0 Å². The number of aryl methyl sites for hydroxylation is 1. The van der Waals surface area contributed by atoms with Crippen LogP contribution in [-0.2, 0) is 17.8 Å². The Bertz CT molecular complexity index is 712. The zero-order valence-electron chi connectivity index (χ0n) is 13.2. The number of carbonyl (C=O) groups excluding carboxylic acids is 1. The highest BCUT2D eigenvalue weighted by Crippen LogP contribution is 2.12. The van der Waals surface area contributed by atoms with E-state index in [1.165, 1.54) is 12.1 Å². The SMILES string of the molecule is C[C@H](Cc1ccccc1F)C(=O)NCCCn1ccccc1=O. The summed E-state index contributed by atoms with van der Waals surface area (Å²) in [6.07, 6.45) is 2.77. The highest BCUT2D eigenvalue weighted by molar-refractivity contribution is 5.78. The van der Waals surface area contributed by atoms with Crippen LogP contribution in [0.4, 0.5) is 4.39 Å². The third-order valence-corrected chi connectivity index (χ3v) is 3.71. The van der Waals surface area contributed by atoms with Gasteiger partial charge in [0.15, 0.2) is 0 Å². The van der Waals surface area contributed by atoms with Gasteiger partial charge in [0.05, 0.1) is 0 Å². The van der Waals surface area contributed by atoms with Crippen molar-refractivity contribution in [3.05, 3.63) is 70.4 Å². The molecule has 0 saturated heterocycles. The third kappa shape index (κ3) is 5.06. The lowest BCUT2D eigenvalue weighted by Crippen LogP contribution is -2.32. The first-order valence-corrected chi connectivity index (χ1v) is 7.74. The summed E-state index contributed by atoms with van der Waals surface area (Å²) in [4.78, 5) is 23.6. The van der Waals surface area contributed by atoms with Gasteiger partial charge in [-0.3, -0.25) is 9.59 Å². The van der Waals surface area contributed by atoms with E-state index in [4.69, 9.17) is 0 Å². The van der Waals surface area contributed by atoms with Gasteiger partial charge in [0.2, 0.25) is 11.5 Å². The van der Waals surface area contributed by atoms with Gasteiger partial charge in [0.25, 0.3) is 0 Å². The van der Waals surface area contributed by atoms with Crippen molar-refractivity contribution in [3.8, 4) is 0 Å². The Morgan fingerprint density at radius 1 is 1.22 bits per heavy atom. The van der Waals surface area contributed by atoms with Crippen molar-refractivity contribution in [2.45, 2.75) is 26.3 Å². The average Bonchev–Trinajstić information content (AvgIpc) is 2.55. The molecule has 2 aromatic rings. The predicted octanol–water partition coefficient (Wildman–Crippen LogP) is 2.37. The molecule has 0 unspecified atom stereocenters. The summed E-state index contributed by atoms with van der Waals surface area (Å²) >= 11 is 0. The molecular weight excluding hydrogens is 295 g/mol. The van der Waals surface area contributed by atoms with Gasteiger partial charge in [-0.05, 0) is 30.5 Å². The number of pyridine rings is 1. The molecule has 23 heavy (non-hydrogen) atoms. The molecule has 1 heterocycles. The van der Waals surface area contributed by atoms with Crippen molar-refractivity contribution in [1.29, 1.82) is 0 Å². The van der Waals surface area contributed by atoms with E-state index in [2.05, 4.69) is 5.32 Å². The molecule has 5 heteroatoms. The Kier molecular flexibility index (Phi) is 6.09. The quantitative estimate of drug-likeness (QED) is 0.797. The molecule has 0 aliphatic rings. The van der Waals surface area contributed by atoms with Crippen molar-refractivity contribution in [1.82, 2.24) is 9.88 Å². The lowest BCUT2D eigenvalue weighted by Gasteiger charge is -2.13. The second kappa shape index (κ2) is 8.27. The van der Waals surface area contributed by atoms with E-state index in [1.54, 1.807) is 48.0 Å². The van der Waals surface area contributed by atoms with Crippen LogP contribution >= 0.6 is 0 Å². The summed E-state index contributed by atoms with van der Waals surface area (Å²) in [5, 5.41) is 2.84. The highest BCUT2D eigenvalue weighted by atomic mass is 19.1. The maximum Gasteiger partial charge on any atom is 0.250 e. The van der Waals surface area contributed by atoms with Gasteiger partial charge in [-0.25, -0.2) is 4.39 Å². The molecule has 0 aliphatic heterocycles. The second-order valence-electron chi connectivity index (χ2n) is 5.57. The number of halogens is 1. The summed E-state index contributed by atoms with van der Waals surface area (Å²) in [6.45, 7) is 2.83. The summed E-state index contributed by atoms with van der Waals surface area (Å²) in [7, 11) is 0. The van der Waals surface area contributed by atoms with E-state index in [9.17, 15) is 14.0 Å². The minimum Gasteiger partial charge on any atom is -0.356 e. The van der Waals surface area contributed by atoms with E-state index in [1.807, 2.05) is 0 Å². The zero-order valence-corrected chi connectivity index (χ0v) is 13.2. The molecule has 0 radical (unpaired) electrons. The molecule has 1 aromatic carbocycles. The molecule has 1 amide bonds. The number of benzene rings is 1. The molecule has 122 valence electrons. The van der Waals surface area contributed by atoms with Crippen LogP contribution in [0, 0.1) is 11.7 Å². The Balaban J connectivity index is 1.75. The molecule has 0 bridgehead atoms. The number of hydrogen-bond acceptors (Lipinski definition) is 2. The van der Waals surface area contributed by atoms with Gasteiger partial charge >= 0.3 is 0 Å². The van der Waals surface area contributed by atoms with Gasteiger partial charge in [0.1, 0.15) is 5.82 Å². The first-order valence-electron chi connectivity index (χ1n) is 7.74. The Morgan fingerprint density at radius 3 is 2.70 bits per heavy atom. The van der Waals surface area contributed by atoms with Crippen LogP contribution < -0.4 is 10.9 Å². The van der Waals surface area contributed by atoms with Gasteiger partial charge in [-0.2, -0.15) is 0 Å². The summed E-state index contributed by atoms with van der Waals surface area (Å²) in [6, 6.07) is 11.5. The van der Waals surface area contributed by atoms with Crippen molar-refractivity contribution in [2.75, 3.05) is 6.54 Å². The Hall–Kier alpha value is -2.43. The minimum absolute atomic E-state index is 0.0493. The fourth-order valence-electron chi connectivity index (χ4n) is 2.37. The molecule has 1 atom stereocenters. The summed E-state index contributed by atoms with van der Waals surface area (Å²) in [5.41, 5.74) is 0.498. The maximum atomic E-state index is 13.6. The van der Waals surface area contributed by atoms with E-state index in [-0.39, 0.29) is 23.2 Å². The number of nitrogens with zero attached hydrogens (tertiary/aromatic N) is 1. The second-order valence-corrected chi connectivity index (χ2v) is 5.57. The monoisotopic (exact) mass is 316 g/mol. The first kappa shape index (κ1) is 16.9. The number of amides is 1. The Labute approximate surface area is 135 Å². The molecule has 0 fully saturated rings. The lowest BCUT2D eigenvalue weighted by molar-refractivity contribution is -0.124. The standard InChI is InChI=1S/C18H21FN2O2/c1-14(13-15-7-2-3-8-16(15)19)18(23)20-10-6-12-21-11-5-4-9-17(21)22/h2-5,7-9,11,14H,6,10,12-13H2,1H3,(H,20,23)/t14-/m1/s1. The molecule has 1 N–H and O–H groups in total. The normalized spacial score (nSPS) is 11.9. The van der Waals surface area contributed by atoms with Crippen LogP contribution in [-0.4, -0.2) is 17.0 Å². The first-order chi connectivity index (χ1) is 11.1. The molecule has 2 rings (SSSR count). The lowest BCUT2D eigenvalue weighted by atomic mass is 10.00. The zero-order chi connectivity index (χ0) is 16.7. The van der Waals surface area contributed by atoms with Crippen molar-refractivity contribution in [2.24, 2.45) is 5.92 Å². The number of carbonyl (C=O) groups is 1. The minimum atomic E-state index is -0.300. The van der Waals surface area contributed by atoms with E-state index in [0.29, 0.717) is 31.5 Å². The molecule has 4 nitrogen and oxygen atoms in total. The Morgan fingerprint density at radius 2 is 1.96 bits per heavy atom. The number of hydrogen-bond donors (Lipinski definition) is 1. The van der Waals surface area contributed by atoms with E-state index < -0.39 is 0 Å². The van der Waals surface area contributed by atoms with Crippen molar-refractivity contribution >= 4 is 5.91 Å².